The monoisotopic (exact) mass is 366 g/mol. The minimum atomic E-state index is -0.118. The van der Waals surface area contributed by atoms with Crippen LogP contribution in [0.4, 0.5) is 0 Å². The molecule has 1 saturated heterocycles. The molecule has 5 heteroatoms. The van der Waals surface area contributed by atoms with Gasteiger partial charge in [-0.15, -0.1) is 0 Å². The molecule has 0 bridgehead atoms. The molecule has 2 aliphatic heterocycles. The van der Waals surface area contributed by atoms with Gasteiger partial charge in [-0.2, -0.15) is 0 Å². The van der Waals surface area contributed by atoms with Gasteiger partial charge < -0.3 is 19.6 Å². The Morgan fingerprint density at radius 2 is 1.85 bits per heavy atom. The molecule has 140 valence electrons. The summed E-state index contributed by atoms with van der Waals surface area (Å²) in [5.74, 6) is 0.937. The van der Waals surface area contributed by atoms with E-state index < -0.39 is 0 Å². The molecule has 0 unspecified atom stereocenters. The Morgan fingerprint density at radius 3 is 2.59 bits per heavy atom. The average molecular weight is 366 g/mol. The van der Waals surface area contributed by atoms with Crippen molar-refractivity contribution in [1.29, 1.82) is 0 Å². The second-order valence-corrected chi connectivity index (χ2v) is 7.62. The van der Waals surface area contributed by atoms with Gasteiger partial charge in [0.05, 0.1) is 18.2 Å². The number of phenols is 1. The highest BCUT2D eigenvalue weighted by molar-refractivity contribution is 6.15. The normalized spacial score (nSPS) is 23.3. The van der Waals surface area contributed by atoms with E-state index in [-0.39, 0.29) is 11.5 Å². The van der Waals surface area contributed by atoms with Crippen molar-refractivity contribution in [2.75, 3.05) is 33.2 Å². The van der Waals surface area contributed by atoms with Crippen LogP contribution in [0.25, 0.3) is 6.08 Å². The summed E-state index contributed by atoms with van der Waals surface area (Å²) in [5.41, 5.74) is 3.34. The van der Waals surface area contributed by atoms with Crippen LogP contribution >= 0.6 is 0 Å². The number of Topliss-reactive ketones (excluding diaryl/α,β-unsaturated/α-hetero) is 1. The topological polar surface area (TPSA) is 55.4 Å². The summed E-state index contributed by atoms with van der Waals surface area (Å²) in [6.07, 6.45) is 1.80. The highest BCUT2D eigenvalue weighted by atomic mass is 16.5. The smallest absolute Gasteiger partial charge is 0.231 e. The zero-order valence-electron chi connectivity index (χ0n) is 15.8. The Morgan fingerprint density at radius 1 is 1.11 bits per heavy atom. The summed E-state index contributed by atoms with van der Waals surface area (Å²) < 4.78 is 5.99. The van der Waals surface area contributed by atoms with Gasteiger partial charge in [0.15, 0.2) is 11.5 Å². The minimum Gasteiger partial charge on any atom is -0.507 e. The van der Waals surface area contributed by atoms with Crippen LogP contribution in [0.3, 0.4) is 0 Å². The van der Waals surface area contributed by atoms with E-state index in [1.54, 1.807) is 18.2 Å². The number of allylic oxidation sites excluding steroid dienone is 1. The lowest BCUT2D eigenvalue weighted by Crippen LogP contribution is -3.26. The number of likely N-dealkylation sites (N-methyl/N-ethyl adjacent to an activating group) is 1. The quantitative estimate of drug-likeness (QED) is 0.682. The zero-order valence-corrected chi connectivity index (χ0v) is 15.8. The summed E-state index contributed by atoms with van der Waals surface area (Å²) in [5, 5.41) is 10.4. The van der Waals surface area contributed by atoms with Crippen molar-refractivity contribution in [1.82, 2.24) is 0 Å². The van der Waals surface area contributed by atoms with E-state index >= 15 is 0 Å². The molecule has 0 amide bonds. The number of aromatic hydroxyl groups is 1. The van der Waals surface area contributed by atoms with Crippen molar-refractivity contribution < 1.29 is 24.4 Å². The number of carbonyl (C=O) groups excluding carboxylic acids is 1. The standard InChI is InChI=1S/C22H24N2O3/c1-15-5-3-4-6-16(15)13-20-21(26)17-7-8-19(25)18(22(17)27-20)14-24-11-9-23(2)10-12-24/h3-8,13,25H,9-12,14H2,1-2H3/p+2/b20-13+. The number of piperazine rings is 1. The summed E-state index contributed by atoms with van der Waals surface area (Å²) in [4.78, 5) is 15.8. The number of fused-ring (bicyclic) bond motifs is 1. The number of hydrogen-bond donors (Lipinski definition) is 3. The van der Waals surface area contributed by atoms with E-state index in [0.717, 1.165) is 42.9 Å². The average Bonchev–Trinajstić information content (AvgIpc) is 2.97. The Balaban J connectivity index is 1.64. The number of rotatable bonds is 3. The molecule has 5 nitrogen and oxygen atoms in total. The summed E-state index contributed by atoms with van der Waals surface area (Å²) in [7, 11) is 2.21. The van der Waals surface area contributed by atoms with E-state index in [0.29, 0.717) is 23.6 Å². The Labute approximate surface area is 159 Å². The number of quaternary nitrogens is 2. The predicted octanol–water partition coefficient (Wildman–Crippen LogP) is 0.230. The molecule has 0 aromatic heterocycles. The van der Waals surface area contributed by atoms with E-state index in [1.807, 2.05) is 31.2 Å². The number of ketones is 1. The molecule has 0 spiro atoms. The fourth-order valence-corrected chi connectivity index (χ4v) is 3.81. The molecule has 2 heterocycles. The molecular weight excluding hydrogens is 340 g/mol. The van der Waals surface area contributed by atoms with Gasteiger partial charge in [-0.3, -0.25) is 4.79 Å². The number of hydrogen-bond acceptors (Lipinski definition) is 3. The molecule has 4 rings (SSSR count). The number of nitrogens with one attached hydrogen (secondary N) is 2. The molecule has 27 heavy (non-hydrogen) atoms. The third-order valence-corrected chi connectivity index (χ3v) is 5.63. The molecular formula is C22H26N2O3+2. The minimum absolute atomic E-state index is 0.118. The Kier molecular flexibility index (Phi) is 4.72. The van der Waals surface area contributed by atoms with Crippen molar-refractivity contribution in [2.24, 2.45) is 0 Å². The third kappa shape index (κ3) is 3.48. The second kappa shape index (κ2) is 7.18. The van der Waals surface area contributed by atoms with Crippen LogP contribution in [0.5, 0.6) is 11.5 Å². The van der Waals surface area contributed by atoms with Gasteiger partial charge in [-0.05, 0) is 36.3 Å². The lowest BCUT2D eigenvalue weighted by molar-refractivity contribution is -1.01. The molecule has 2 aromatic rings. The van der Waals surface area contributed by atoms with Crippen LogP contribution in [0.1, 0.15) is 27.0 Å². The fourth-order valence-electron chi connectivity index (χ4n) is 3.81. The van der Waals surface area contributed by atoms with Crippen molar-refractivity contribution in [2.45, 2.75) is 13.5 Å². The van der Waals surface area contributed by atoms with Gasteiger partial charge in [0, 0.05) is 0 Å². The largest absolute Gasteiger partial charge is 0.507 e. The maximum atomic E-state index is 12.8. The maximum Gasteiger partial charge on any atom is 0.231 e. The SMILES string of the molecule is Cc1ccccc1/C=C1/Oc2c(ccc(O)c2C[NH+]2CC[NH+](C)CC2)C1=O. The first kappa shape index (κ1) is 17.8. The number of ether oxygens (including phenoxy) is 1. The Hall–Kier alpha value is -2.63. The first-order chi connectivity index (χ1) is 13.0. The fraction of sp³-hybridized carbons (Fsp3) is 0.318. The van der Waals surface area contributed by atoms with E-state index in [9.17, 15) is 9.90 Å². The maximum absolute atomic E-state index is 12.8. The molecule has 0 aliphatic carbocycles. The lowest BCUT2D eigenvalue weighted by atomic mass is 10.0. The Bertz CT molecular complexity index is 912. The number of aryl methyl sites for hydroxylation is 1. The molecule has 1 fully saturated rings. The molecule has 3 N–H and O–H groups in total. The van der Waals surface area contributed by atoms with Gasteiger partial charge in [0.25, 0.3) is 0 Å². The van der Waals surface area contributed by atoms with E-state index in [2.05, 4.69) is 7.05 Å². The summed E-state index contributed by atoms with van der Waals surface area (Å²) >= 11 is 0. The zero-order chi connectivity index (χ0) is 19.0. The van der Waals surface area contributed by atoms with Crippen LogP contribution in [0, 0.1) is 6.92 Å². The number of phenolic OH excluding ortho intramolecular Hbond substituents is 1. The van der Waals surface area contributed by atoms with E-state index in [4.69, 9.17) is 4.74 Å². The molecule has 0 radical (unpaired) electrons. The van der Waals surface area contributed by atoms with Crippen LogP contribution in [0.2, 0.25) is 0 Å². The summed E-state index contributed by atoms with van der Waals surface area (Å²) in [6, 6.07) is 11.2. The van der Waals surface area contributed by atoms with Gasteiger partial charge in [-0.1, -0.05) is 24.3 Å². The van der Waals surface area contributed by atoms with Crippen molar-refractivity contribution in [3.8, 4) is 11.5 Å². The van der Waals surface area contributed by atoms with Crippen LogP contribution in [-0.2, 0) is 6.54 Å². The summed E-state index contributed by atoms with van der Waals surface area (Å²) in [6.45, 7) is 7.01. The number of carbonyl (C=O) groups is 1. The molecule has 2 aromatic carbocycles. The van der Waals surface area contributed by atoms with Gasteiger partial charge in [0.1, 0.15) is 38.5 Å². The first-order valence-corrected chi connectivity index (χ1v) is 9.52. The number of benzene rings is 2. The van der Waals surface area contributed by atoms with Gasteiger partial charge >= 0.3 is 0 Å². The first-order valence-electron chi connectivity index (χ1n) is 9.52. The highest BCUT2D eigenvalue weighted by Gasteiger charge is 2.33. The molecule has 2 aliphatic rings. The van der Waals surface area contributed by atoms with Crippen LogP contribution in [-0.4, -0.2) is 44.1 Å². The highest BCUT2D eigenvalue weighted by Crippen LogP contribution is 2.39. The van der Waals surface area contributed by atoms with Gasteiger partial charge in [-0.25, -0.2) is 0 Å². The third-order valence-electron chi connectivity index (χ3n) is 5.63. The van der Waals surface area contributed by atoms with Crippen LogP contribution in [0.15, 0.2) is 42.2 Å². The second-order valence-electron chi connectivity index (χ2n) is 7.62. The van der Waals surface area contributed by atoms with Crippen molar-refractivity contribution in [3.05, 3.63) is 64.4 Å². The van der Waals surface area contributed by atoms with Crippen molar-refractivity contribution in [3.63, 3.8) is 0 Å². The molecule has 0 saturated carbocycles. The predicted molar refractivity (Wildman–Crippen MR) is 103 cm³/mol. The van der Waals surface area contributed by atoms with Gasteiger partial charge in [0.2, 0.25) is 5.78 Å². The lowest BCUT2D eigenvalue weighted by Gasteiger charge is -2.27. The van der Waals surface area contributed by atoms with Crippen molar-refractivity contribution >= 4 is 11.9 Å². The van der Waals surface area contributed by atoms with E-state index in [1.165, 1.54) is 9.80 Å². The molecule has 0 atom stereocenters. The van der Waals surface area contributed by atoms with Crippen LogP contribution < -0.4 is 14.5 Å².